The number of ether oxygens (including phenoxy) is 1. The van der Waals surface area contributed by atoms with E-state index in [9.17, 15) is 4.79 Å². The van der Waals surface area contributed by atoms with Crippen molar-refractivity contribution in [3.8, 4) is 0 Å². The maximum Gasteiger partial charge on any atom is 0.339 e. The molecule has 0 radical (unpaired) electrons. The van der Waals surface area contributed by atoms with Crippen LogP contribution in [-0.2, 0) is 17.6 Å². The molecule has 74 valence electrons. The highest BCUT2D eigenvalue weighted by Gasteiger charge is 2.22. The molecule has 0 N–H and O–H groups in total. The summed E-state index contributed by atoms with van der Waals surface area (Å²) < 4.78 is 4.68. The lowest BCUT2D eigenvalue weighted by Crippen LogP contribution is -2.06. The smallest absolute Gasteiger partial charge is 0.339 e. The third-order valence-corrected chi connectivity index (χ3v) is 2.83. The highest BCUT2D eigenvalue weighted by atomic mass is 35.5. The molecule has 0 amide bonds. The molecular formula is C10H10ClNO2. The van der Waals surface area contributed by atoms with Gasteiger partial charge in [0.25, 0.3) is 0 Å². The molecule has 0 unspecified atom stereocenters. The van der Waals surface area contributed by atoms with E-state index in [1.165, 1.54) is 13.3 Å². The van der Waals surface area contributed by atoms with E-state index in [4.69, 9.17) is 11.6 Å². The van der Waals surface area contributed by atoms with Crippen LogP contribution in [0, 0.1) is 0 Å². The number of esters is 1. The topological polar surface area (TPSA) is 39.2 Å². The summed E-state index contributed by atoms with van der Waals surface area (Å²) in [6.07, 6.45) is 4.33. The van der Waals surface area contributed by atoms with Gasteiger partial charge in [-0.3, -0.25) is 0 Å². The average Bonchev–Trinajstić information content (AvgIpc) is 2.67. The summed E-state index contributed by atoms with van der Waals surface area (Å²) >= 11 is 5.93. The monoisotopic (exact) mass is 211 g/mol. The Morgan fingerprint density at radius 2 is 2.21 bits per heavy atom. The Labute approximate surface area is 87.0 Å². The van der Waals surface area contributed by atoms with Gasteiger partial charge in [0.05, 0.1) is 12.7 Å². The number of hydrogen-bond donors (Lipinski definition) is 0. The first kappa shape index (κ1) is 9.46. The fraction of sp³-hybridized carbons (Fsp3) is 0.400. The predicted molar refractivity (Wildman–Crippen MR) is 52.6 cm³/mol. The van der Waals surface area contributed by atoms with Crippen LogP contribution < -0.4 is 0 Å². The van der Waals surface area contributed by atoms with Gasteiger partial charge < -0.3 is 4.74 Å². The Morgan fingerprint density at radius 1 is 1.50 bits per heavy atom. The molecule has 0 aliphatic heterocycles. The molecule has 2 rings (SSSR count). The van der Waals surface area contributed by atoms with Crippen LogP contribution in [0.15, 0.2) is 6.20 Å². The normalized spacial score (nSPS) is 13.9. The lowest BCUT2D eigenvalue weighted by atomic mass is 10.1. The van der Waals surface area contributed by atoms with Crippen molar-refractivity contribution in [2.24, 2.45) is 0 Å². The highest BCUT2D eigenvalue weighted by molar-refractivity contribution is 6.30. The number of nitrogens with zero attached hydrogens (tertiary/aromatic N) is 1. The molecule has 1 aliphatic carbocycles. The second kappa shape index (κ2) is 3.58. The molecule has 0 saturated carbocycles. The van der Waals surface area contributed by atoms with Crippen LogP contribution in [0.3, 0.4) is 0 Å². The third-order valence-electron chi connectivity index (χ3n) is 2.50. The van der Waals surface area contributed by atoms with E-state index in [1.54, 1.807) is 0 Å². The van der Waals surface area contributed by atoms with Gasteiger partial charge >= 0.3 is 5.97 Å². The first-order valence-corrected chi connectivity index (χ1v) is 4.86. The molecule has 0 bridgehead atoms. The summed E-state index contributed by atoms with van der Waals surface area (Å²) in [6.45, 7) is 0. The van der Waals surface area contributed by atoms with Crippen LogP contribution in [0.1, 0.15) is 27.9 Å². The zero-order valence-electron chi connectivity index (χ0n) is 7.84. The Morgan fingerprint density at radius 3 is 2.93 bits per heavy atom. The van der Waals surface area contributed by atoms with E-state index in [1.807, 2.05) is 0 Å². The molecule has 14 heavy (non-hydrogen) atoms. The van der Waals surface area contributed by atoms with Gasteiger partial charge in [-0.25, -0.2) is 9.78 Å². The van der Waals surface area contributed by atoms with Crippen molar-refractivity contribution in [2.75, 3.05) is 7.11 Å². The Kier molecular flexibility index (Phi) is 2.42. The van der Waals surface area contributed by atoms with Crippen molar-refractivity contribution in [1.82, 2.24) is 4.98 Å². The lowest BCUT2D eigenvalue weighted by molar-refractivity contribution is 0.0599. The van der Waals surface area contributed by atoms with Crippen LogP contribution in [-0.4, -0.2) is 18.1 Å². The third kappa shape index (κ3) is 1.38. The highest BCUT2D eigenvalue weighted by Crippen LogP contribution is 2.29. The van der Waals surface area contributed by atoms with Gasteiger partial charge in [0.1, 0.15) is 5.15 Å². The average molecular weight is 212 g/mol. The first-order chi connectivity index (χ1) is 6.74. The van der Waals surface area contributed by atoms with E-state index in [-0.39, 0.29) is 5.97 Å². The summed E-state index contributed by atoms with van der Waals surface area (Å²) in [6, 6.07) is 0. The zero-order valence-corrected chi connectivity index (χ0v) is 8.60. The second-order valence-electron chi connectivity index (χ2n) is 3.26. The van der Waals surface area contributed by atoms with Crippen LogP contribution in [0.5, 0.6) is 0 Å². The van der Waals surface area contributed by atoms with Crippen LogP contribution in [0.25, 0.3) is 0 Å². The van der Waals surface area contributed by atoms with Gasteiger partial charge in [0.15, 0.2) is 0 Å². The van der Waals surface area contributed by atoms with E-state index < -0.39 is 0 Å². The molecule has 0 saturated heterocycles. The quantitative estimate of drug-likeness (QED) is 0.527. The molecule has 0 aromatic carbocycles. The fourth-order valence-electron chi connectivity index (χ4n) is 1.83. The van der Waals surface area contributed by atoms with Crippen molar-refractivity contribution < 1.29 is 9.53 Å². The fourth-order valence-corrected chi connectivity index (χ4v) is 2.09. The summed E-state index contributed by atoms with van der Waals surface area (Å²) in [7, 11) is 1.37. The molecule has 1 aromatic rings. The Balaban J connectivity index is 2.53. The molecule has 1 heterocycles. The minimum absolute atomic E-state index is 0.327. The standard InChI is InChI=1S/C10H10ClNO2/c1-14-10(13)8-5-12-9(11)7-4-2-3-6(7)8/h5H,2-4H2,1H3. The summed E-state index contributed by atoms with van der Waals surface area (Å²) in [5.41, 5.74) is 2.58. The van der Waals surface area contributed by atoms with Crippen LogP contribution in [0.2, 0.25) is 5.15 Å². The van der Waals surface area contributed by atoms with Gasteiger partial charge in [-0.15, -0.1) is 0 Å². The number of rotatable bonds is 1. The Bertz CT molecular complexity index is 390. The molecule has 1 aromatic heterocycles. The number of pyridine rings is 1. The zero-order chi connectivity index (χ0) is 10.1. The van der Waals surface area contributed by atoms with E-state index >= 15 is 0 Å². The molecule has 0 spiro atoms. The summed E-state index contributed by atoms with van der Waals surface area (Å²) in [4.78, 5) is 15.4. The van der Waals surface area contributed by atoms with Gasteiger partial charge in [-0.2, -0.15) is 0 Å². The molecule has 1 aliphatic rings. The minimum atomic E-state index is -0.327. The molecular weight excluding hydrogens is 202 g/mol. The largest absolute Gasteiger partial charge is 0.465 e. The van der Waals surface area contributed by atoms with E-state index in [0.29, 0.717) is 10.7 Å². The van der Waals surface area contributed by atoms with Gasteiger partial charge in [0.2, 0.25) is 0 Å². The van der Waals surface area contributed by atoms with Crippen molar-refractivity contribution in [3.63, 3.8) is 0 Å². The van der Waals surface area contributed by atoms with E-state index in [2.05, 4.69) is 9.72 Å². The number of aromatic nitrogens is 1. The number of methoxy groups -OCH3 is 1. The first-order valence-electron chi connectivity index (χ1n) is 4.48. The van der Waals surface area contributed by atoms with Gasteiger partial charge in [-0.1, -0.05) is 11.6 Å². The van der Waals surface area contributed by atoms with Crippen molar-refractivity contribution >= 4 is 17.6 Å². The van der Waals surface area contributed by atoms with Crippen molar-refractivity contribution in [2.45, 2.75) is 19.3 Å². The maximum absolute atomic E-state index is 11.4. The maximum atomic E-state index is 11.4. The summed E-state index contributed by atoms with van der Waals surface area (Å²) in [5.74, 6) is -0.327. The number of carbonyl (C=O) groups excluding carboxylic acids is 1. The lowest BCUT2D eigenvalue weighted by Gasteiger charge is -2.06. The summed E-state index contributed by atoms with van der Waals surface area (Å²) in [5, 5.41) is 0.519. The number of halogens is 1. The number of fused-ring (bicyclic) bond motifs is 1. The molecule has 3 nitrogen and oxygen atoms in total. The predicted octanol–water partition coefficient (Wildman–Crippen LogP) is 2.01. The van der Waals surface area contributed by atoms with Crippen LogP contribution in [0.4, 0.5) is 0 Å². The Hall–Kier alpha value is -1.09. The molecule has 0 atom stereocenters. The van der Waals surface area contributed by atoms with Gasteiger partial charge in [-0.05, 0) is 30.4 Å². The molecule has 0 fully saturated rings. The SMILES string of the molecule is COC(=O)c1cnc(Cl)c2c1CCC2. The minimum Gasteiger partial charge on any atom is -0.465 e. The number of carbonyl (C=O) groups is 1. The van der Waals surface area contributed by atoms with E-state index in [0.717, 1.165) is 30.4 Å². The van der Waals surface area contributed by atoms with Crippen molar-refractivity contribution in [3.05, 3.63) is 28.0 Å². The second-order valence-corrected chi connectivity index (χ2v) is 3.62. The van der Waals surface area contributed by atoms with Crippen LogP contribution >= 0.6 is 11.6 Å². The molecule has 4 heteroatoms. The number of hydrogen-bond acceptors (Lipinski definition) is 3. The van der Waals surface area contributed by atoms with Gasteiger partial charge in [0, 0.05) is 6.20 Å². The van der Waals surface area contributed by atoms with Crippen molar-refractivity contribution in [1.29, 1.82) is 0 Å².